The number of pyridine rings is 1. The van der Waals surface area contributed by atoms with Gasteiger partial charge in [0.05, 0.1) is 41.6 Å². The maximum Gasteiger partial charge on any atom is 0.407 e. The number of nitrogens with zero attached hydrogens (tertiary/aromatic N) is 5. The molecule has 1 aliphatic heterocycles. The number of benzene rings is 3. The molecule has 6 rings (SSSR count). The first kappa shape index (κ1) is 33.2. The molecule has 0 bridgehead atoms. The molecule has 2 aromatic heterocycles. The second-order valence-corrected chi connectivity index (χ2v) is 13.4. The number of carbonyl (C=O) groups is 2. The molecule has 3 aromatic carbocycles. The Balaban J connectivity index is 1.39. The third kappa shape index (κ3) is 6.94. The van der Waals surface area contributed by atoms with Gasteiger partial charge in [-0.2, -0.15) is 0 Å². The van der Waals surface area contributed by atoms with Gasteiger partial charge < -0.3 is 24.8 Å². The van der Waals surface area contributed by atoms with Crippen LogP contribution in [0.3, 0.4) is 0 Å². The van der Waals surface area contributed by atoms with Gasteiger partial charge in [-0.15, -0.1) is 0 Å². The molecule has 1 saturated heterocycles. The standard InChI is InChI=1S/C35H34N6O7S/c1-22-15-16-24-25(11-6-14-29(24)41(49(3,45)46)30-13-5-4-10-27(30)33(42)47-2)31(22)48-32-26(12-7-18-36-32)28-17-19-37-34(39-28)38-23-9-8-20-40(21-23)35(43)44/h4-7,10-19,23H,8-9,20-21H2,1-3H3,(H,43,44)(H,37,38,39). The van der Waals surface area contributed by atoms with Crippen LogP contribution in [0.4, 0.5) is 22.1 Å². The number of aryl methyl sites for hydroxylation is 1. The smallest absolute Gasteiger partial charge is 0.407 e. The van der Waals surface area contributed by atoms with Crippen molar-refractivity contribution in [1.82, 2.24) is 19.9 Å². The van der Waals surface area contributed by atoms with Gasteiger partial charge in [-0.3, -0.25) is 0 Å². The molecular weight excluding hydrogens is 648 g/mol. The highest BCUT2D eigenvalue weighted by molar-refractivity contribution is 7.92. The van der Waals surface area contributed by atoms with Crippen LogP contribution in [0, 0.1) is 6.92 Å². The number of rotatable bonds is 9. The Labute approximate surface area is 283 Å². The minimum Gasteiger partial charge on any atom is -0.465 e. The van der Waals surface area contributed by atoms with Crippen LogP contribution in [0.1, 0.15) is 28.8 Å². The van der Waals surface area contributed by atoms with E-state index in [4.69, 9.17) is 14.5 Å². The molecule has 0 aliphatic carbocycles. The molecule has 0 spiro atoms. The van der Waals surface area contributed by atoms with Crippen molar-refractivity contribution in [2.45, 2.75) is 25.8 Å². The van der Waals surface area contributed by atoms with Gasteiger partial charge in [0.2, 0.25) is 21.9 Å². The highest BCUT2D eigenvalue weighted by Crippen LogP contribution is 2.42. The van der Waals surface area contributed by atoms with Gasteiger partial charge in [-0.1, -0.05) is 36.4 Å². The van der Waals surface area contributed by atoms with E-state index in [-0.39, 0.29) is 23.2 Å². The lowest BCUT2D eigenvalue weighted by atomic mass is 10.0. The maximum absolute atomic E-state index is 13.4. The highest BCUT2D eigenvalue weighted by atomic mass is 32.2. The molecule has 1 aliphatic rings. The van der Waals surface area contributed by atoms with Gasteiger partial charge in [0, 0.05) is 42.3 Å². The maximum atomic E-state index is 13.4. The van der Waals surface area contributed by atoms with E-state index in [2.05, 4.69) is 15.3 Å². The summed E-state index contributed by atoms with van der Waals surface area (Å²) >= 11 is 0. The van der Waals surface area contributed by atoms with Gasteiger partial charge in [0.15, 0.2) is 0 Å². The number of sulfonamides is 1. The van der Waals surface area contributed by atoms with Gasteiger partial charge >= 0.3 is 12.1 Å². The predicted molar refractivity (Wildman–Crippen MR) is 185 cm³/mol. The van der Waals surface area contributed by atoms with Crippen molar-refractivity contribution < 1.29 is 32.6 Å². The minimum atomic E-state index is -3.95. The molecule has 49 heavy (non-hydrogen) atoms. The van der Waals surface area contributed by atoms with Gasteiger partial charge in [-0.25, -0.2) is 37.3 Å². The second kappa shape index (κ2) is 13.8. The molecule has 1 atom stereocenters. The summed E-state index contributed by atoms with van der Waals surface area (Å²) in [7, 11) is -2.71. The summed E-state index contributed by atoms with van der Waals surface area (Å²) in [5.41, 5.74) is 2.45. The highest BCUT2D eigenvalue weighted by Gasteiger charge is 2.28. The van der Waals surface area contributed by atoms with Crippen LogP contribution in [-0.2, 0) is 14.8 Å². The molecule has 5 aromatic rings. The number of hydrogen-bond acceptors (Lipinski definition) is 10. The number of aromatic nitrogens is 3. The lowest BCUT2D eigenvalue weighted by Gasteiger charge is -2.31. The molecule has 1 unspecified atom stereocenters. The Morgan fingerprint density at radius 2 is 1.76 bits per heavy atom. The van der Waals surface area contributed by atoms with Gasteiger partial charge in [0.25, 0.3) is 0 Å². The monoisotopic (exact) mass is 682 g/mol. The fraction of sp³-hybridized carbons (Fsp3) is 0.229. The number of methoxy groups -OCH3 is 1. The number of amides is 1. The first-order chi connectivity index (χ1) is 23.5. The van der Waals surface area contributed by atoms with Crippen molar-refractivity contribution in [2.75, 3.05) is 36.1 Å². The average Bonchev–Trinajstić information content (AvgIpc) is 3.09. The molecule has 14 heteroatoms. The number of esters is 1. The topological polar surface area (TPSA) is 164 Å². The van der Waals surface area contributed by atoms with Gasteiger partial charge in [0.1, 0.15) is 5.75 Å². The lowest BCUT2D eigenvalue weighted by Crippen LogP contribution is -2.44. The normalized spacial score (nSPS) is 14.7. The van der Waals surface area contributed by atoms with Crippen molar-refractivity contribution in [3.63, 3.8) is 0 Å². The number of carbonyl (C=O) groups excluding carboxylic acids is 1. The zero-order valence-corrected chi connectivity index (χ0v) is 27.8. The lowest BCUT2D eigenvalue weighted by molar-refractivity contribution is 0.0601. The van der Waals surface area contributed by atoms with E-state index >= 15 is 0 Å². The van der Waals surface area contributed by atoms with Crippen molar-refractivity contribution >= 4 is 50.2 Å². The molecule has 0 saturated carbocycles. The second-order valence-electron chi connectivity index (χ2n) is 11.6. The molecular formula is C35H34N6O7S. The minimum absolute atomic E-state index is 0.0931. The first-order valence-electron chi connectivity index (χ1n) is 15.5. The summed E-state index contributed by atoms with van der Waals surface area (Å²) in [5.74, 6) is 0.399. The fourth-order valence-corrected chi connectivity index (χ4v) is 6.98. The Kier molecular flexibility index (Phi) is 9.31. The molecule has 13 nitrogen and oxygen atoms in total. The van der Waals surface area contributed by atoms with E-state index < -0.39 is 22.1 Å². The molecule has 1 amide bonds. The number of nitrogens with one attached hydrogen (secondary N) is 1. The molecule has 252 valence electrons. The van der Waals surface area contributed by atoms with Crippen LogP contribution >= 0.6 is 0 Å². The largest absolute Gasteiger partial charge is 0.465 e. The number of anilines is 3. The van der Waals surface area contributed by atoms with Crippen molar-refractivity contribution in [2.24, 2.45) is 0 Å². The van der Waals surface area contributed by atoms with Crippen molar-refractivity contribution in [3.05, 3.63) is 96.3 Å². The van der Waals surface area contributed by atoms with Crippen LogP contribution < -0.4 is 14.4 Å². The average molecular weight is 683 g/mol. The Hall–Kier alpha value is -5.76. The molecule has 0 radical (unpaired) electrons. The van der Waals surface area contributed by atoms with E-state index in [1.54, 1.807) is 54.9 Å². The van der Waals surface area contributed by atoms with Crippen molar-refractivity contribution in [1.29, 1.82) is 0 Å². The third-order valence-electron chi connectivity index (χ3n) is 8.19. The third-order valence-corrected chi connectivity index (χ3v) is 9.25. The Bertz CT molecular complexity index is 2160. The quantitative estimate of drug-likeness (QED) is 0.169. The van der Waals surface area contributed by atoms with E-state index in [1.165, 1.54) is 18.1 Å². The zero-order chi connectivity index (χ0) is 34.7. The number of carboxylic acid groups (broad SMARTS) is 1. The number of piperidine rings is 1. The summed E-state index contributed by atoms with van der Waals surface area (Å²) in [6.45, 7) is 2.70. The van der Waals surface area contributed by atoms with E-state index in [9.17, 15) is 23.1 Å². The van der Waals surface area contributed by atoms with E-state index in [0.717, 1.165) is 29.0 Å². The molecule has 2 N–H and O–H groups in total. The predicted octanol–water partition coefficient (Wildman–Crippen LogP) is 6.23. The summed E-state index contributed by atoms with van der Waals surface area (Å²) in [5, 5.41) is 13.9. The first-order valence-corrected chi connectivity index (χ1v) is 17.3. The zero-order valence-electron chi connectivity index (χ0n) is 27.0. The van der Waals surface area contributed by atoms with E-state index in [0.29, 0.717) is 52.5 Å². The van der Waals surface area contributed by atoms with Gasteiger partial charge in [-0.05, 0) is 61.7 Å². The Morgan fingerprint density at radius 1 is 0.959 bits per heavy atom. The summed E-state index contributed by atoms with van der Waals surface area (Å²) in [6, 6.07) is 20.4. The number of fused-ring (bicyclic) bond motifs is 1. The number of hydrogen-bond donors (Lipinski definition) is 2. The van der Waals surface area contributed by atoms with Crippen LogP contribution in [0.2, 0.25) is 0 Å². The summed E-state index contributed by atoms with van der Waals surface area (Å²) in [6.07, 6.45) is 4.85. The van der Waals surface area contributed by atoms with Crippen LogP contribution in [0.5, 0.6) is 11.6 Å². The van der Waals surface area contributed by atoms with E-state index in [1.807, 2.05) is 31.2 Å². The summed E-state index contributed by atoms with van der Waals surface area (Å²) in [4.78, 5) is 39.1. The number of ether oxygens (including phenoxy) is 2. The Morgan fingerprint density at radius 3 is 2.53 bits per heavy atom. The van der Waals surface area contributed by atoms with Crippen LogP contribution in [-0.4, -0.2) is 77.9 Å². The SMILES string of the molecule is COC(=O)c1ccccc1N(c1cccc2c(Oc3ncccc3-c3ccnc(NC4CCCN(C(=O)O)C4)n3)c(C)ccc12)S(C)(=O)=O. The van der Waals surface area contributed by atoms with Crippen LogP contribution in [0.15, 0.2) is 85.2 Å². The number of para-hydroxylation sites is 1. The fourth-order valence-electron chi connectivity index (χ4n) is 5.95. The van der Waals surface area contributed by atoms with Crippen molar-refractivity contribution in [3.8, 4) is 22.9 Å². The van der Waals surface area contributed by atoms with Crippen LogP contribution in [0.25, 0.3) is 22.0 Å². The molecule has 1 fully saturated rings. The summed E-state index contributed by atoms with van der Waals surface area (Å²) < 4.78 is 39.4. The molecule has 3 heterocycles. The number of likely N-dealkylation sites (tertiary alicyclic amines) is 1.